The third-order valence-corrected chi connectivity index (χ3v) is 2.22. The molecule has 0 saturated heterocycles. The van der Waals surface area contributed by atoms with Crippen LogP contribution < -0.4 is 0 Å². The van der Waals surface area contributed by atoms with Gasteiger partial charge >= 0.3 is 0 Å². The lowest BCUT2D eigenvalue weighted by Gasteiger charge is -2.02. The molecule has 4 nitrogen and oxygen atoms in total. The number of aromatic nitrogens is 4. The monoisotopic (exact) mass is 196 g/mol. The summed E-state index contributed by atoms with van der Waals surface area (Å²) in [6.07, 6.45) is 5.26. The summed E-state index contributed by atoms with van der Waals surface area (Å²) in [7, 11) is 0. The first-order valence-corrected chi connectivity index (χ1v) is 4.65. The van der Waals surface area contributed by atoms with Crippen LogP contribution >= 0.6 is 0 Å². The van der Waals surface area contributed by atoms with E-state index in [-0.39, 0.29) is 0 Å². The van der Waals surface area contributed by atoms with Gasteiger partial charge in [-0.15, -0.1) is 0 Å². The van der Waals surface area contributed by atoms with Crippen LogP contribution in [0.15, 0.2) is 48.9 Å². The summed E-state index contributed by atoms with van der Waals surface area (Å²) in [4.78, 5) is 8.49. The van der Waals surface area contributed by atoms with Crippen LogP contribution in [0.3, 0.4) is 0 Å². The van der Waals surface area contributed by atoms with Gasteiger partial charge in [0.25, 0.3) is 0 Å². The van der Waals surface area contributed by atoms with E-state index in [9.17, 15) is 0 Å². The smallest absolute Gasteiger partial charge is 0.155 e. The highest BCUT2D eigenvalue weighted by atomic mass is 15.2. The third-order valence-electron chi connectivity index (χ3n) is 2.22. The zero-order valence-electron chi connectivity index (χ0n) is 7.91. The van der Waals surface area contributed by atoms with Crippen molar-refractivity contribution in [2.75, 3.05) is 0 Å². The molecule has 0 radical (unpaired) electrons. The highest BCUT2D eigenvalue weighted by Gasteiger charge is 2.04. The molecule has 3 heterocycles. The van der Waals surface area contributed by atoms with Crippen LogP contribution in [-0.4, -0.2) is 19.6 Å². The Bertz CT molecular complexity index is 586. The Kier molecular flexibility index (Phi) is 1.71. The first-order valence-electron chi connectivity index (χ1n) is 4.65. The lowest BCUT2D eigenvalue weighted by molar-refractivity contribution is 0.942. The maximum atomic E-state index is 4.29. The molecular formula is C11H8N4. The second-order valence-electron chi connectivity index (χ2n) is 3.15. The predicted octanol–water partition coefficient (Wildman–Crippen LogP) is 1.79. The van der Waals surface area contributed by atoms with Gasteiger partial charge in [-0.3, -0.25) is 4.98 Å². The quantitative estimate of drug-likeness (QED) is 0.596. The molecule has 0 aromatic carbocycles. The average molecular weight is 196 g/mol. The minimum absolute atomic E-state index is 0.832. The second-order valence-corrected chi connectivity index (χ2v) is 3.15. The average Bonchev–Trinajstić information content (AvgIpc) is 2.78. The normalized spacial score (nSPS) is 10.7. The van der Waals surface area contributed by atoms with Crippen LogP contribution in [0.25, 0.3) is 17.0 Å². The largest absolute Gasteiger partial charge is 0.255 e. The van der Waals surface area contributed by atoms with Crippen molar-refractivity contribution in [3.05, 3.63) is 48.9 Å². The van der Waals surface area contributed by atoms with Gasteiger partial charge in [-0.2, -0.15) is 5.10 Å². The van der Waals surface area contributed by atoms with E-state index in [0.717, 1.165) is 17.0 Å². The minimum atomic E-state index is 0.832. The lowest BCUT2D eigenvalue weighted by atomic mass is 10.2. The predicted molar refractivity (Wildman–Crippen MR) is 56.2 cm³/mol. The van der Waals surface area contributed by atoms with Gasteiger partial charge in [-0.1, -0.05) is 6.07 Å². The van der Waals surface area contributed by atoms with Gasteiger partial charge in [0.2, 0.25) is 0 Å². The molecule has 0 amide bonds. The molecule has 0 atom stereocenters. The number of hydrogen-bond donors (Lipinski definition) is 0. The molecule has 0 spiro atoms. The molecule has 72 valence electrons. The van der Waals surface area contributed by atoms with Crippen molar-refractivity contribution in [1.29, 1.82) is 0 Å². The summed E-state index contributed by atoms with van der Waals surface area (Å²) < 4.78 is 1.78. The Morgan fingerprint density at radius 1 is 0.867 bits per heavy atom. The summed E-state index contributed by atoms with van der Waals surface area (Å²) in [5.74, 6) is 0. The molecule has 3 aromatic heterocycles. The molecule has 15 heavy (non-hydrogen) atoms. The molecule has 0 fully saturated rings. The lowest BCUT2D eigenvalue weighted by Crippen LogP contribution is -1.96. The summed E-state index contributed by atoms with van der Waals surface area (Å²) in [5.41, 5.74) is 2.68. The zero-order chi connectivity index (χ0) is 10.1. The molecule has 0 aliphatic heterocycles. The van der Waals surface area contributed by atoms with Crippen molar-refractivity contribution in [2.24, 2.45) is 0 Å². The van der Waals surface area contributed by atoms with E-state index in [1.54, 1.807) is 23.1 Å². The summed E-state index contributed by atoms with van der Waals surface area (Å²) >= 11 is 0. The standard InChI is InChI=1S/C11H8N4/c1-2-6-12-9(3-1)10-4-7-13-11-5-8-14-15(10)11/h1-8H. The maximum Gasteiger partial charge on any atom is 0.155 e. The summed E-state index contributed by atoms with van der Waals surface area (Å²) in [5, 5.41) is 4.21. The van der Waals surface area contributed by atoms with Crippen molar-refractivity contribution in [3.63, 3.8) is 0 Å². The van der Waals surface area contributed by atoms with Crippen LogP contribution in [0.5, 0.6) is 0 Å². The van der Waals surface area contributed by atoms with E-state index in [0.29, 0.717) is 0 Å². The molecule has 0 saturated carbocycles. The highest BCUT2D eigenvalue weighted by Crippen LogP contribution is 2.15. The van der Waals surface area contributed by atoms with Gasteiger partial charge < -0.3 is 0 Å². The highest BCUT2D eigenvalue weighted by molar-refractivity contribution is 5.57. The van der Waals surface area contributed by atoms with Crippen molar-refractivity contribution >= 4 is 5.65 Å². The molecule has 3 aromatic rings. The Hall–Kier alpha value is -2.23. The van der Waals surface area contributed by atoms with Gasteiger partial charge in [0, 0.05) is 18.5 Å². The fraction of sp³-hybridized carbons (Fsp3) is 0. The molecule has 0 N–H and O–H groups in total. The molecule has 4 heteroatoms. The van der Waals surface area contributed by atoms with Gasteiger partial charge in [0.05, 0.1) is 17.6 Å². The van der Waals surface area contributed by atoms with Crippen molar-refractivity contribution < 1.29 is 0 Å². The zero-order valence-corrected chi connectivity index (χ0v) is 7.91. The number of hydrogen-bond acceptors (Lipinski definition) is 3. The van der Waals surface area contributed by atoms with Gasteiger partial charge in [-0.05, 0) is 18.2 Å². The molecule has 0 aliphatic rings. The molecule has 3 rings (SSSR count). The van der Waals surface area contributed by atoms with Crippen LogP contribution in [0.1, 0.15) is 0 Å². The van der Waals surface area contributed by atoms with Crippen molar-refractivity contribution in [2.45, 2.75) is 0 Å². The van der Waals surface area contributed by atoms with Crippen LogP contribution in [-0.2, 0) is 0 Å². The van der Waals surface area contributed by atoms with Crippen molar-refractivity contribution in [1.82, 2.24) is 19.6 Å². The first-order chi connectivity index (χ1) is 7.45. The summed E-state index contributed by atoms with van der Waals surface area (Å²) in [6, 6.07) is 9.58. The molecule has 0 unspecified atom stereocenters. The number of pyridine rings is 1. The fourth-order valence-electron chi connectivity index (χ4n) is 1.54. The summed E-state index contributed by atoms with van der Waals surface area (Å²) in [6.45, 7) is 0. The van der Waals surface area contributed by atoms with E-state index in [4.69, 9.17) is 0 Å². The number of nitrogens with zero attached hydrogens (tertiary/aromatic N) is 4. The Labute approximate surface area is 86.2 Å². The van der Waals surface area contributed by atoms with E-state index < -0.39 is 0 Å². The first kappa shape index (κ1) is 8.11. The molecule has 0 aliphatic carbocycles. The van der Waals surface area contributed by atoms with Gasteiger partial charge in [0.15, 0.2) is 5.65 Å². The Morgan fingerprint density at radius 3 is 2.73 bits per heavy atom. The maximum absolute atomic E-state index is 4.29. The topological polar surface area (TPSA) is 43.1 Å². The Balaban J connectivity index is 2.31. The van der Waals surface area contributed by atoms with Crippen LogP contribution in [0.4, 0.5) is 0 Å². The van der Waals surface area contributed by atoms with Crippen LogP contribution in [0, 0.1) is 0 Å². The number of rotatable bonds is 1. The van der Waals surface area contributed by atoms with E-state index in [1.165, 1.54) is 0 Å². The second kappa shape index (κ2) is 3.16. The third kappa shape index (κ3) is 1.27. The minimum Gasteiger partial charge on any atom is -0.255 e. The SMILES string of the molecule is c1ccc(-c2ccnc3ccnn23)nc1. The van der Waals surface area contributed by atoms with Gasteiger partial charge in [0.1, 0.15) is 0 Å². The van der Waals surface area contributed by atoms with Crippen molar-refractivity contribution in [3.8, 4) is 11.4 Å². The van der Waals surface area contributed by atoms with Crippen LogP contribution in [0.2, 0.25) is 0 Å². The van der Waals surface area contributed by atoms with E-state index in [1.807, 2.05) is 30.3 Å². The number of fused-ring (bicyclic) bond motifs is 1. The molecule has 0 bridgehead atoms. The van der Waals surface area contributed by atoms with E-state index in [2.05, 4.69) is 15.1 Å². The van der Waals surface area contributed by atoms with Gasteiger partial charge in [-0.25, -0.2) is 9.50 Å². The fourth-order valence-corrected chi connectivity index (χ4v) is 1.54. The van der Waals surface area contributed by atoms with E-state index >= 15 is 0 Å². The molecular weight excluding hydrogens is 188 g/mol. The Morgan fingerprint density at radius 2 is 1.87 bits per heavy atom.